The quantitative estimate of drug-likeness (QED) is 0.0121. The highest BCUT2D eigenvalue weighted by molar-refractivity contribution is 5.98. The molecule has 29 heteroatoms. The number of aromatic nitrogens is 2. The summed E-state index contributed by atoms with van der Waals surface area (Å²) in [6.07, 6.45) is 2.03. The smallest absolute Gasteiger partial charge is 0.245 e. The molecule has 0 aliphatic rings. The highest BCUT2D eigenvalue weighted by Gasteiger charge is 2.35. The second kappa shape index (κ2) is 34.1. The van der Waals surface area contributed by atoms with Gasteiger partial charge in [0.2, 0.25) is 59.1 Å². The average molecular weight is 1180 g/mol. The van der Waals surface area contributed by atoms with Crippen molar-refractivity contribution in [2.75, 3.05) is 19.7 Å². The number of aromatic hydroxyl groups is 2. The third-order valence-electron chi connectivity index (χ3n) is 12.9. The van der Waals surface area contributed by atoms with Crippen LogP contribution in [0.2, 0.25) is 0 Å². The minimum atomic E-state index is -1.55. The van der Waals surface area contributed by atoms with Crippen molar-refractivity contribution in [3.63, 3.8) is 0 Å². The van der Waals surface area contributed by atoms with E-state index in [1.165, 1.54) is 74.9 Å². The normalized spacial score (nSPS) is 14.2. The van der Waals surface area contributed by atoms with Crippen molar-refractivity contribution >= 4 is 65.0 Å². The number of benzene rings is 3. The zero-order chi connectivity index (χ0) is 62.8. The number of hydrogen-bond acceptors (Lipinski definition) is 16. The average Bonchev–Trinajstić information content (AvgIpc) is 4.11. The molecule has 0 saturated carbocycles. The first kappa shape index (κ1) is 67.9. The molecule has 0 fully saturated rings. The molecule has 1 aromatic heterocycles. The van der Waals surface area contributed by atoms with Crippen LogP contribution in [-0.4, -0.2) is 164 Å². The number of rotatable bonds is 34. The molecule has 0 unspecified atom stereocenters. The number of amides is 10. The van der Waals surface area contributed by atoms with Gasteiger partial charge in [-0.3, -0.25) is 52.9 Å². The number of aliphatic imine (C=N–C) groups is 1. The number of nitrogens with two attached hydrogens (primary N) is 4. The lowest BCUT2D eigenvalue weighted by Gasteiger charge is -2.28. The van der Waals surface area contributed by atoms with E-state index in [2.05, 4.69) is 62.8 Å². The van der Waals surface area contributed by atoms with Crippen molar-refractivity contribution in [1.82, 2.24) is 57.8 Å². The fourth-order valence-corrected chi connectivity index (χ4v) is 8.33. The predicted octanol–water partition coefficient (Wildman–Crippen LogP) is -3.97. The Morgan fingerprint density at radius 1 is 0.541 bits per heavy atom. The van der Waals surface area contributed by atoms with Gasteiger partial charge < -0.3 is 91.1 Å². The van der Waals surface area contributed by atoms with E-state index < -0.39 is 127 Å². The fraction of sp³-hybridized carbons (Fsp3) is 0.429. The standard InChI is InChI=1S/C56H78N16O13/c1-30(2)21-40(47(58)77)66-46(76)27-63-50(80)41(22-33-9-6-5-7-10-33)69-54(84)44(25-36-26-61-29-64-36)71-53(83)43(24-35-14-18-38(75)19-15-35)70-51(81)39(11-8-20-62-56(59)60)67-52(82)42(23-34-12-16-37(74)17-13-34)68-49(79)32(4)65-55(85)45(28-73)72-48(78)31(3)57/h5-7,9-10,12-19,26,29-32,39-45,73-75H,8,11,20-25,27-28,57H2,1-4H3,(H2,58,77)(H,61,64)(H,63,80)(H,65,85)(H,66,76)(H,67,82)(H,68,79)(H,69,84)(H,70,81)(H,71,83)(H,72,78)(H4,59,60,62)/t31-,32-,39-,40-,41-,42-,43-,44-,45-/m0/s1. The molecule has 4 aromatic rings. The molecule has 9 atom stereocenters. The van der Waals surface area contributed by atoms with Gasteiger partial charge in [0, 0.05) is 44.1 Å². The van der Waals surface area contributed by atoms with Gasteiger partial charge in [-0.15, -0.1) is 0 Å². The number of nitrogens with one attached hydrogen (secondary N) is 10. The maximum absolute atomic E-state index is 14.8. The Balaban J connectivity index is 1.67. The molecule has 0 bridgehead atoms. The first-order valence-electron chi connectivity index (χ1n) is 27.3. The summed E-state index contributed by atoms with van der Waals surface area (Å²) < 4.78 is 0. The van der Waals surface area contributed by atoms with Crippen molar-refractivity contribution in [2.24, 2.45) is 33.8 Å². The minimum Gasteiger partial charge on any atom is -0.508 e. The molecule has 0 aliphatic carbocycles. The molecule has 29 nitrogen and oxygen atoms in total. The Kier molecular flexibility index (Phi) is 27.2. The number of phenolic OH excluding ortho intramolecular Hbond substituents is 2. The number of nitrogens with zero attached hydrogens (tertiary/aromatic N) is 2. The number of primary amides is 1. The van der Waals surface area contributed by atoms with Crippen molar-refractivity contribution in [1.29, 1.82) is 0 Å². The summed E-state index contributed by atoms with van der Waals surface area (Å²) in [5.41, 5.74) is 24.0. The monoisotopic (exact) mass is 1180 g/mol. The van der Waals surface area contributed by atoms with Crippen LogP contribution in [0.5, 0.6) is 11.5 Å². The van der Waals surface area contributed by atoms with E-state index in [1.54, 1.807) is 30.3 Å². The maximum atomic E-state index is 14.8. The van der Waals surface area contributed by atoms with E-state index in [0.29, 0.717) is 22.4 Å². The molecule has 0 aliphatic heterocycles. The van der Waals surface area contributed by atoms with Crippen LogP contribution < -0.4 is 70.8 Å². The molecule has 10 amide bonds. The van der Waals surface area contributed by atoms with Crippen LogP contribution >= 0.6 is 0 Å². The molecular formula is C56H78N16O13. The highest BCUT2D eigenvalue weighted by Crippen LogP contribution is 2.15. The Bertz CT molecular complexity index is 2910. The van der Waals surface area contributed by atoms with E-state index in [9.17, 15) is 63.3 Å². The Hall–Kier alpha value is -9.64. The molecule has 0 spiro atoms. The van der Waals surface area contributed by atoms with Crippen molar-refractivity contribution < 1.29 is 63.3 Å². The van der Waals surface area contributed by atoms with E-state index >= 15 is 0 Å². The van der Waals surface area contributed by atoms with Crippen LogP contribution in [-0.2, 0) is 73.6 Å². The van der Waals surface area contributed by atoms with E-state index in [4.69, 9.17) is 22.9 Å². The number of imidazole rings is 1. The van der Waals surface area contributed by atoms with Crippen molar-refractivity contribution in [2.45, 2.75) is 127 Å². The second-order valence-corrected chi connectivity index (χ2v) is 20.6. The number of carbonyl (C=O) groups excluding carboxylic acids is 10. The zero-order valence-corrected chi connectivity index (χ0v) is 47.6. The lowest BCUT2D eigenvalue weighted by Crippen LogP contribution is -2.61. The first-order chi connectivity index (χ1) is 40.3. The van der Waals surface area contributed by atoms with Crippen molar-refractivity contribution in [3.8, 4) is 11.5 Å². The van der Waals surface area contributed by atoms with Gasteiger partial charge in [0.25, 0.3) is 0 Å². The van der Waals surface area contributed by atoms with Gasteiger partial charge in [-0.2, -0.15) is 0 Å². The number of guanidine groups is 1. The predicted molar refractivity (Wildman–Crippen MR) is 309 cm³/mol. The van der Waals surface area contributed by atoms with Gasteiger partial charge in [-0.05, 0) is 80.0 Å². The summed E-state index contributed by atoms with van der Waals surface area (Å²) in [5.74, 6) is -9.12. The van der Waals surface area contributed by atoms with Gasteiger partial charge in [-0.25, -0.2) is 4.98 Å². The third kappa shape index (κ3) is 24.0. The molecule has 460 valence electrons. The lowest BCUT2D eigenvalue weighted by molar-refractivity contribution is -0.136. The molecule has 1 heterocycles. The number of hydrogen-bond donors (Lipinski definition) is 17. The SMILES string of the molecule is CC(C)C[C@H](NC(=O)CNC(=O)[C@H](Cc1ccccc1)NC(=O)[C@H](Cc1cnc[nH]1)NC(=O)[C@H](Cc1ccc(O)cc1)NC(=O)[C@H](CCCN=C(N)N)NC(=O)[C@H](Cc1ccc(O)cc1)NC(=O)[C@H](C)NC(=O)[C@H](CO)NC(=O)[C@H](C)N)C(N)=O. The zero-order valence-electron chi connectivity index (χ0n) is 47.6. The number of carbonyl (C=O) groups is 10. The minimum absolute atomic E-state index is 0.00512. The van der Waals surface area contributed by atoms with Gasteiger partial charge in [0.1, 0.15) is 59.8 Å². The van der Waals surface area contributed by atoms with Gasteiger partial charge in [-0.1, -0.05) is 68.4 Å². The molecule has 85 heavy (non-hydrogen) atoms. The summed E-state index contributed by atoms with van der Waals surface area (Å²) >= 11 is 0. The van der Waals surface area contributed by atoms with E-state index in [0.717, 1.165) is 0 Å². The highest BCUT2D eigenvalue weighted by atomic mass is 16.3. The maximum Gasteiger partial charge on any atom is 0.245 e. The van der Waals surface area contributed by atoms with Crippen LogP contribution in [0.25, 0.3) is 0 Å². The summed E-state index contributed by atoms with van der Waals surface area (Å²) in [6.45, 7) is 4.82. The van der Waals surface area contributed by atoms with Gasteiger partial charge in [0.15, 0.2) is 5.96 Å². The fourth-order valence-electron chi connectivity index (χ4n) is 8.33. The molecule has 21 N–H and O–H groups in total. The van der Waals surface area contributed by atoms with Crippen LogP contribution in [0, 0.1) is 5.92 Å². The van der Waals surface area contributed by atoms with Gasteiger partial charge >= 0.3 is 0 Å². The molecule has 4 rings (SSSR count). The number of H-pyrrole nitrogens is 1. The second-order valence-electron chi connectivity index (χ2n) is 20.6. The number of aromatic amines is 1. The van der Waals surface area contributed by atoms with E-state index in [1.807, 2.05) is 13.8 Å². The van der Waals surface area contributed by atoms with Crippen LogP contribution in [0.15, 0.2) is 96.4 Å². The van der Waals surface area contributed by atoms with Crippen LogP contribution in [0.4, 0.5) is 0 Å². The van der Waals surface area contributed by atoms with Crippen LogP contribution in [0.1, 0.15) is 69.3 Å². The summed E-state index contributed by atoms with van der Waals surface area (Å²) in [6, 6.07) is 7.54. The van der Waals surface area contributed by atoms with Crippen LogP contribution in [0.3, 0.4) is 0 Å². The third-order valence-corrected chi connectivity index (χ3v) is 12.9. The number of phenols is 2. The number of aliphatic hydroxyl groups excluding tert-OH is 1. The largest absolute Gasteiger partial charge is 0.508 e. The van der Waals surface area contributed by atoms with E-state index in [-0.39, 0.29) is 74.9 Å². The molecule has 3 aromatic carbocycles. The summed E-state index contributed by atoms with van der Waals surface area (Å²) in [4.78, 5) is 147. The first-order valence-corrected chi connectivity index (χ1v) is 27.3. The summed E-state index contributed by atoms with van der Waals surface area (Å²) in [5, 5.41) is 52.9. The summed E-state index contributed by atoms with van der Waals surface area (Å²) in [7, 11) is 0. The number of aliphatic hydroxyl groups is 1. The molecule has 0 saturated heterocycles. The molecule has 0 radical (unpaired) electrons. The lowest BCUT2D eigenvalue weighted by atomic mass is 10.0. The Morgan fingerprint density at radius 2 is 1.00 bits per heavy atom. The Morgan fingerprint density at radius 3 is 1.47 bits per heavy atom. The topological polar surface area (TPSA) is 485 Å². The molecular weight excluding hydrogens is 1100 g/mol. The van der Waals surface area contributed by atoms with Crippen molar-refractivity contribution in [3.05, 3.63) is 114 Å². The Labute approximate surface area is 490 Å². The van der Waals surface area contributed by atoms with Gasteiger partial charge in [0.05, 0.1) is 25.5 Å².